The van der Waals surface area contributed by atoms with Gasteiger partial charge in [0.15, 0.2) is 0 Å². The molecule has 2 rings (SSSR count). The second-order valence-corrected chi connectivity index (χ2v) is 7.11. The Morgan fingerprint density at radius 3 is 2.38 bits per heavy atom. The number of hydrogen-bond donors (Lipinski definition) is 1. The molecule has 1 atom stereocenters. The van der Waals surface area contributed by atoms with Gasteiger partial charge in [0.2, 0.25) is 0 Å². The summed E-state index contributed by atoms with van der Waals surface area (Å²) in [6.07, 6.45) is 1.80. The summed E-state index contributed by atoms with van der Waals surface area (Å²) in [4.78, 5) is 1.15. The minimum atomic E-state index is 0.133. The first kappa shape index (κ1) is 17.1. The van der Waals surface area contributed by atoms with Gasteiger partial charge in [-0.25, -0.2) is 0 Å². The average Bonchev–Trinajstić information content (AvgIpc) is 2.78. The van der Waals surface area contributed by atoms with Crippen LogP contribution in [0.4, 0.5) is 0 Å². The van der Waals surface area contributed by atoms with E-state index in [1.54, 1.807) is 11.3 Å². The molecule has 5 heteroatoms. The van der Waals surface area contributed by atoms with Gasteiger partial charge in [0.1, 0.15) is 0 Å². The molecule has 1 aromatic heterocycles. The van der Waals surface area contributed by atoms with Crippen LogP contribution in [0.3, 0.4) is 0 Å². The molecule has 0 saturated carbocycles. The van der Waals surface area contributed by atoms with Gasteiger partial charge in [-0.05, 0) is 54.9 Å². The minimum Gasteiger partial charge on any atom is -0.309 e. The second kappa shape index (κ2) is 7.85. The Morgan fingerprint density at radius 1 is 1.19 bits per heavy atom. The zero-order chi connectivity index (χ0) is 15.4. The molecule has 0 bridgehead atoms. The van der Waals surface area contributed by atoms with Crippen molar-refractivity contribution in [3.05, 3.63) is 54.7 Å². The van der Waals surface area contributed by atoms with E-state index in [0.717, 1.165) is 40.4 Å². The van der Waals surface area contributed by atoms with Gasteiger partial charge in [0, 0.05) is 21.0 Å². The summed E-state index contributed by atoms with van der Waals surface area (Å²) >= 11 is 20.7. The first-order chi connectivity index (χ1) is 10.0. The third-order valence-corrected chi connectivity index (χ3v) is 5.89. The van der Waals surface area contributed by atoms with Crippen LogP contribution in [-0.4, -0.2) is 6.54 Å². The number of aryl methyl sites for hydroxylation is 1. The van der Waals surface area contributed by atoms with Crippen LogP contribution in [0.25, 0.3) is 0 Å². The lowest BCUT2D eigenvalue weighted by Gasteiger charge is -2.19. The van der Waals surface area contributed by atoms with E-state index in [9.17, 15) is 0 Å². The highest BCUT2D eigenvalue weighted by Gasteiger charge is 2.20. The predicted molar refractivity (Wildman–Crippen MR) is 95.3 cm³/mol. The first-order valence-corrected chi connectivity index (χ1v) is 8.95. The van der Waals surface area contributed by atoms with Gasteiger partial charge < -0.3 is 5.32 Å². The van der Waals surface area contributed by atoms with Gasteiger partial charge in [-0.3, -0.25) is 0 Å². The van der Waals surface area contributed by atoms with Crippen LogP contribution >= 0.6 is 46.1 Å². The molecule has 1 heterocycles. The number of halogens is 3. The molecule has 0 aliphatic heterocycles. The lowest BCUT2D eigenvalue weighted by atomic mass is 10.0. The summed E-state index contributed by atoms with van der Waals surface area (Å²) in [6.45, 7) is 5.11. The number of hydrogen-bond acceptors (Lipinski definition) is 2. The lowest BCUT2D eigenvalue weighted by molar-refractivity contribution is 0.537. The summed E-state index contributed by atoms with van der Waals surface area (Å²) in [5.74, 6) is 0. The zero-order valence-electron chi connectivity index (χ0n) is 12.1. The van der Waals surface area contributed by atoms with Crippen molar-refractivity contribution in [2.75, 3.05) is 6.54 Å². The summed E-state index contributed by atoms with van der Waals surface area (Å²) in [5.41, 5.74) is 2.08. The minimum absolute atomic E-state index is 0.133. The van der Waals surface area contributed by atoms with Crippen LogP contribution in [0.1, 0.15) is 35.4 Å². The smallest absolute Gasteiger partial charge is 0.0590 e. The van der Waals surface area contributed by atoms with Gasteiger partial charge in [-0.15, -0.1) is 11.3 Å². The fraction of sp³-hybridized carbons (Fsp3) is 0.375. The van der Waals surface area contributed by atoms with Crippen molar-refractivity contribution in [2.45, 2.75) is 32.7 Å². The van der Waals surface area contributed by atoms with E-state index in [-0.39, 0.29) is 6.04 Å². The van der Waals surface area contributed by atoms with Crippen molar-refractivity contribution in [3.63, 3.8) is 0 Å². The normalized spacial score (nSPS) is 12.6. The Balaban J connectivity index is 2.31. The molecule has 1 N–H and O–H groups in total. The highest BCUT2D eigenvalue weighted by atomic mass is 35.5. The summed E-state index contributed by atoms with van der Waals surface area (Å²) in [7, 11) is 0. The van der Waals surface area contributed by atoms with E-state index >= 15 is 0 Å². The number of benzene rings is 1. The Bertz CT molecular complexity index is 589. The topological polar surface area (TPSA) is 12.0 Å². The molecular weight excluding hydrogens is 345 g/mol. The molecule has 21 heavy (non-hydrogen) atoms. The van der Waals surface area contributed by atoms with Crippen molar-refractivity contribution < 1.29 is 0 Å². The van der Waals surface area contributed by atoms with Gasteiger partial charge in [0.25, 0.3) is 0 Å². The molecule has 0 amide bonds. The average molecular weight is 363 g/mol. The third-order valence-electron chi connectivity index (χ3n) is 3.35. The zero-order valence-corrected chi connectivity index (χ0v) is 15.1. The van der Waals surface area contributed by atoms with E-state index in [4.69, 9.17) is 34.8 Å². The maximum atomic E-state index is 6.43. The van der Waals surface area contributed by atoms with Crippen molar-refractivity contribution in [1.82, 2.24) is 5.32 Å². The molecule has 0 radical (unpaired) electrons. The van der Waals surface area contributed by atoms with Crippen molar-refractivity contribution in [3.8, 4) is 0 Å². The molecule has 1 unspecified atom stereocenters. The van der Waals surface area contributed by atoms with E-state index < -0.39 is 0 Å². The van der Waals surface area contributed by atoms with Crippen LogP contribution in [0.2, 0.25) is 15.1 Å². The predicted octanol–water partition coefficient (Wildman–Crippen LogP) is 6.30. The first-order valence-electron chi connectivity index (χ1n) is 6.94. The van der Waals surface area contributed by atoms with E-state index in [2.05, 4.69) is 17.6 Å². The monoisotopic (exact) mass is 361 g/mol. The molecule has 114 valence electrons. The molecule has 1 aromatic carbocycles. The summed E-state index contributed by atoms with van der Waals surface area (Å²) in [6, 6.07) is 5.75. The highest BCUT2D eigenvalue weighted by molar-refractivity contribution is 7.10. The maximum Gasteiger partial charge on any atom is 0.0590 e. The fourth-order valence-corrected chi connectivity index (χ4v) is 4.15. The second-order valence-electron chi connectivity index (χ2n) is 5.01. The highest BCUT2D eigenvalue weighted by Crippen LogP contribution is 2.36. The largest absolute Gasteiger partial charge is 0.309 e. The molecule has 1 nitrogen and oxygen atoms in total. The third kappa shape index (κ3) is 4.14. The van der Waals surface area contributed by atoms with Crippen molar-refractivity contribution >= 4 is 46.1 Å². The molecule has 0 fully saturated rings. The Labute approximate surface area is 145 Å². The van der Waals surface area contributed by atoms with Crippen molar-refractivity contribution in [2.24, 2.45) is 0 Å². The van der Waals surface area contributed by atoms with Crippen molar-refractivity contribution in [1.29, 1.82) is 0 Å². The van der Waals surface area contributed by atoms with Crippen LogP contribution < -0.4 is 5.32 Å². The molecule has 0 aliphatic rings. The number of thiophene rings is 1. The van der Waals surface area contributed by atoms with E-state index in [1.807, 2.05) is 25.1 Å². The maximum absolute atomic E-state index is 6.43. The number of nitrogens with one attached hydrogen (secondary N) is 1. The SMILES string of the molecule is CCCNC(Cc1c(Cl)cccc1Cl)c1scc(C)c1Cl. The summed E-state index contributed by atoms with van der Waals surface area (Å²) < 4.78 is 0. The Kier molecular flexibility index (Phi) is 6.39. The molecule has 2 aromatic rings. The lowest BCUT2D eigenvalue weighted by Crippen LogP contribution is -2.23. The Morgan fingerprint density at radius 2 is 1.86 bits per heavy atom. The van der Waals surface area contributed by atoms with Gasteiger partial charge in [0.05, 0.1) is 5.02 Å². The molecule has 0 spiro atoms. The summed E-state index contributed by atoms with van der Waals surface area (Å²) in [5, 5.41) is 7.89. The van der Waals surface area contributed by atoms with E-state index in [0.29, 0.717) is 10.0 Å². The van der Waals surface area contributed by atoms with Crippen LogP contribution in [-0.2, 0) is 6.42 Å². The standard InChI is InChI=1S/C16H18Cl3NS/c1-3-7-20-14(16-15(19)10(2)9-21-16)8-11-12(17)5-4-6-13(11)18/h4-6,9,14,20H,3,7-8H2,1-2H3. The molecule has 0 saturated heterocycles. The van der Waals surface area contributed by atoms with Crippen LogP contribution in [0, 0.1) is 6.92 Å². The Hall–Kier alpha value is -0.250. The molecular formula is C16H18Cl3NS. The van der Waals surface area contributed by atoms with Gasteiger partial charge in [-0.2, -0.15) is 0 Å². The van der Waals surface area contributed by atoms with Gasteiger partial charge >= 0.3 is 0 Å². The van der Waals surface area contributed by atoms with Crippen LogP contribution in [0.5, 0.6) is 0 Å². The van der Waals surface area contributed by atoms with Gasteiger partial charge in [-0.1, -0.05) is 47.8 Å². The number of rotatable bonds is 6. The quantitative estimate of drug-likeness (QED) is 0.635. The fourth-order valence-electron chi connectivity index (χ4n) is 2.19. The van der Waals surface area contributed by atoms with Crippen LogP contribution in [0.15, 0.2) is 23.6 Å². The molecule has 0 aliphatic carbocycles. The van der Waals surface area contributed by atoms with E-state index in [1.165, 1.54) is 0 Å².